The van der Waals surface area contributed by atoms with Crippen molar-refractivity contribution in [2.24, 2.45) is 0 Å². The summed E-state index contributed by atoms with van der Waals surface area (Å²) in [6, 6.07) is 41.1. The summed E-state index contributed by atoms with van der Waals surface area (Å²) >= 11 is 3.53. The quantitative estimate of drug-likeness (QED) is 0.0702. The minimum absolute atomic E-state index is 0.0635. The number of halogens is 1. The molecule has 1 saturated heterocycles. The SMILES string of the molecule is CN(C[C@@H]1[C@@H](c2ccc(Br)cc2)[C@H](COC(c2ccccc2)(c2ccccc2)c2ccccc2)N1C(=O)OC(C)(C)C)S(=O)(=O)c1ccc([N+](=O)[O-])cc1. The number of sulfonamides is 1. The Hall–Kier alpha value is -4.88. The van der Waals surface area contributed by atoms with Crippen molar-refractivity contribution < 1.29 is 27.6 Å². The fourth-order valence-electron chi connectivity index (χ4n) is 7.11. The molecule has 6 rings (SSSR count). The Morgan fingerprint density at radius 2 is 1.26 bits per heavy atom. The van der Waals surface area contributed by atoms with Crippen molar-refractivity contribution in [1.29, 1.82) is 0 Å². The molecule has 0 unspecified atom stereocenters. The number of hydrogen-bond acceptors (Lipinski definition) is 7. The molecule has 1 amide bonds. The molecule has 10 nitrogen and oxygen atoms in total. The number of carbonyl (C=O) groups excluding carboxylic acids is 1. The molecule has 0 aliphatic carbocycles. The fraction of sp³-hybridized carbons (Fsp3) is 0.262. The Labute approximate surface area is 324 Å². The molecular formula is C42H42BrN3O7S. The average Bonchev–Trinajstić information content (AvgIpc) is 3.15. The molecule has 0 aromatic heterocycles. The number of nitro groups is 1. The minimum Gasteiger partial charge on any atom is -0.444 e. The highest BCUT2D eigenvalue weighted by Crippen LogP contribution is 2.46. The molecule has 1 aliphatic heterocycles. The van der Waals surface area contributed by atoms with Gasteiger partial charge in [0.2, 0.25) is 10.0 Å². The van der Waals surface area contributed by atoms with Gasteiger partial charge in [0.15, 0.2) is 0 Å². The molecule has 1 aliphatic rings. The van der Waals surface area contributed by atoms with Gasteiger partial charge < -0.3 is 9.47 Å². The molecule has 5 aromatic carbocycles. The van der Waals surface area contributed by atoms with Crippen molar-refractivity contribution in [2.45, 2.75) is 54.9 Å². The molecule has 0 spiro atoms. The van der Waals surface area contributed by atoms with Crippen LogP contribution in [0.5, 0.6) is 0 Å². The molecule has 3 atom stereocenters. The highest BCUT2D eigenvalue weighted by molar-refractivity contribution is 9.10. The Morgan fingerprint density at radius 3 is 1.70 bits per heavy atom. The Morgan fingerprint density at radius 1 is 0.778 bits per heavy atom. The summed E-state index contributed by atoms with van der Waals surface area (Å²) in [6.45, 7) is 5.33. The summed E-state index contributed by atoms with van der Waals surface area (Å²) in [5.41, 5.74) is 1.46. The average molecular weight is 813 g/mol. The molecule has 54 heavy (non-hydrogen) atoms. The first-order chi connectivity index (χ1) is 25.7. The van der Waals surface area contributed by atoms with Crippen LogP contribution in [0.15, 0.2) is 149 Å². The number of likely N-dealkylation sites (tertiary alicyclic amines) is 1. The van der Waals surface area contributed by atoms with Gasteiger partial charge in [-0.1, -0.05) is 119 Å². The summed E-state index contributed by atoms with van der Waals surface area (Å²) in [6.07, 6.45) is -0.597. The number of ether oxygens (including phenoxy) is 2. The van der Waals surface area contributed by atoms with Crippen LogP contribution < -0.4 is 0 Å². The van der Waals surface area contributed by atoms with E-state index in [2.05, 4.69) is 15.9 Å². The number of carbonyl (C=O) groups is 1. The lowest BCUT2D eigenvalue weighted by Crippen LogP contribution is -2.69. The zero-order chi connectivity index (χ0) is 38.7. The summed E-state index contributed by atoms with van der Waals surface area (Å²) in [4.78, 5) is 26.4. The number of non-ortho nitro benzene ring substituents is 1. The molecule has 0 bridgehead atoms. The van der Waals surface area contributed by atoms with Crippen molar-refractivity contribution in [3.05, 3.63) is 176 Å². The van der Waals surface area contributed by atoms with Crippen molar-refractivity contribution in [1.82, 2.24) is 9.21 Å². The first kappa shape index (κ1) is 38.8. The van der Waals surface area contributed by atoms with E-state index in [9.17, 15) is 23.3 Å². The lowest BCUT2D eigenvalue weighted by molar-refractivity contribution is -0.384. The molecule has 1 fully saturated rings. The highest BCUT2D eigenvalue weighted by Gasteiger charge is 2.55. The van der Waals surface area contributed by atoms with Crippen LogP contribution in [-0.2, 0) is 25.1 Å². The summed E-state index contributed by atoms with van der Waals surface area (Å²) in [5, 5.41) is 11.2. The zero-order valence-corrected chi connectivity index (χ0v) is 32.8. The first-order valence-corrected chi connectivity index (χ1v) is 19.7. The third-order valence-electron chi connectivity index (χ3n) is 9.61. The van der Waals surface area contributed by atoms with Crippen LogP contribution in [0.3, 0.4) is 0 Å². The maximum Gasteiger partial charge on any atom is 0.410 e. The Balaban J connectivity index is 1.43. The summed E-state index contributed by atoms with van der Waals surface area (Å²) < 4.78 is 43.0. The monoisotopic (exact) mass is 811 g/mol. The largest absolute Gasteiger partial charge is 0.444 e. The molecule has 280 valence electrons. The van der Waals surface area contributed by atoms with Gasteiger partial charge in [-0.2, -0.15) is 4.31 Å². The van der Waals surface area contributed by atoms with E-state index in [0.29, 0.717) is 0 Å². The third kappa shape index (κ3) is 7.97. The van der Waals surface area contributed by atoms with Gasteiger partial charge in [0.05, 0.1) is 28.5 Å². The number of rotatable bonds is 12. The van der Waals surface area contributed by atoms with E-state index in [-0.39, 0.29) is 29.7 Å². The van der Waals surface area contributed by atoms with E-state index in [1.54, 1.807) is 25.7 Å². The maximum atomic E-state index is 14.2. The van der Waals surface area contributed by atoms with E-state index in [1.807, 2.05) is 115 Å². The predicted molar refractivity (Wildman–Crippen MR) is 211 cm³/mol. The molecule has 5 aromatic rings. The smallest absolute Gasteiger partial charge is 0.410 e. The van der Waals surface area contributed by atoms with Crippen molar-refractivity contribution >= 4 is 37.7 Å². The number of nitrogens with zero attached hydrogens (tertiary/aromatic N) is 3. The predicted octanol–water partition coefficient (Wildman–Crippen LogP) is 8.76. The highest BCUT2D eigenvalue weighted by atomic mass is 79.9. The third-order valence-corrected chi connectivity index (χ3v) is 12.0. The molecule has 0 N–H and O–H groups in total. The van der Waals surface area contributed by atoms with Gasteiger partial charge in [-0.3, -0.25) is 15.0 Å². The van der Waals surface area contributed by atoms with Gasteiger partial charge in [-0.15, -0.1) is 0 Å². The molecule has 0 saturated carbocycles. The minimum atomic E-state index is -4.12. The van der Waals surface area contributed by atoms with Gasteiger partial charge >= 0.3 is 6.09 Å². The van der Waals surface area contributed by atoms with Crippen LogP contribution in [0, 0.1) is 10.1 Å². The zero-order valence-electron chi connectivity index (χ0n) is 30.4. The van der Waals surface area contributed by atoms with Gasteiger partial charge in [0, 0.05) is 36.1 Å². The second-order valence-electron chi connectivity index (χ2n) is 14.2. The van der Waals surface area contributed by atoms with Gasteiger partial charge in [0.1, 0.15) is 11.2 Å². The summed E-state index contributed by atoms with van der Waals surface area (Å²) in [5.74, 6) is -0.375. The van der Waals surface area contributed by atoms with Crippen molar-refractivity contribution in [3.63, 3.8) is 0 Å². The van der Waals surface area contributed by atoms with Gasteiger partial charge in [-0.05, 0) is 67.3 Å². The van der Waals surface area contributed by atoms with Crippen LogP contribution in [0.2, 0.25) is 0 Å². The van der Waals surface area contributed by atoms with Crippen LogP contribution in [-0.4, -0.2) is 66.5 Å². The number of hydrogen-bond donors (Lipinski definition) is 0. The molecular weight excluding hydrogens is 770 g/mol. The molecule has 1 heterocycles. The number of nitro benzene ring substituents is 1. The van der Waals surface area contributed by atoms with Crippen LogP contribution in [0.1, 0.15) is 48.9 Å². The van der Waals surface area contributed by atoms with Gasteiger partial charge in [-0.25, -0.2) is 13.2 Å². The maximum absolute atomic E-state index is 14.2. The number of benzene rings is 5. The number of amides is 1. The summed E-state index contributed by atoms with van der Waals surface area (Å²) in [7, 11) is -2.68. The Kier molecular flexibility index (Phi) is 11.4. The van der Waals surface area contributed by atoms with E-state index >= 15 is 0 Å². The van der Waals surface area contributed by atoms with E-state index < -0.39 is 44.3 Å². The lowest BCUT2D eigenvalue weighted by Gasteiger charge is -2.56. The topological polar surface area (TPSA) is 119 Å². The fourth-order valence-corrected chi connectivity index (χ4v) is 8.56. The number of likely N-dealkylation sites (N-methyl/N-ethyl adjacent to an activating group) is 1. The second kappa shape index (κ2) is 15.8. The van der Waals surface area contributed by atoms with E-state index in [4.69, 9.17) is 9.47 Å². The van der Waals surface area contributed by atoms with E-state index in [1.165, 1.54) is 23.5 Å². The van der Waals surface area contributed by atoms with Crippen LogP contribution in [0.4, 0.5) is 10.5 Å². The van der Waals surface area contributed by atoms with E-state index in [0.717, 1.165) is 38.9 Å². The second-order valence-corrected chi connectivity index (χ2v) is 17.2. The Bertz CT molecular complexity index is 2070. The van der Waals surface area contributed by atoms with Crippen molar-refractivity contribution in [2.75, 3.05) is 20.2 Å². The lowest BCUT2D eigenvalue weighted by atomic mass is 9.75. The van der Waals surface area contributed by atoms with Crippen LogP contribution >= 0.6 is 15.9 Å². The normalized spacial score (nSPS) is 17.5. The molecule has 0 radical (unpaired) electrons. The van der Waals surface area contributed by atoms with Crippen LogP contribution in [0.25, 0.3) is 0 Å². The molecule has 12 heteroatoms. The standard InChI is InChI=1S/C42H42BrN3O7S/c1-41(2,3)53-40(47)45-37(28-44(4)54(50,51)36-26-24-35(25-27-36)46(48)49)39(30-20-22-34(43)23-21-30)38(45)29-52-42(31-14-8-5-9-15-31,32-16-10-6-11-17-32)33-18-12-7-13-19-33/h5-27,37-39H,28-29H2,1-4H3/t37-,38+,39-/m1/s1. The first-order valence-electron chi connectivity index (χ1n) is 17.5. The van der Waals surface area contributed by atoms with Crippen molar-refractivity contribution in [3.8, 4) is 0 Å². The van der Waals surface area contributed by atoms with Gasteiger partial charge in [0.25, 0.3) is 5.69 Å².